The molecule has 0 fully saturated rings. The van der Waals surface area contributed by atoms with Gasteiger partial charge in [-0.1, -0.05) is 23.4 Å². The van der Waals surface area contributed by atoms with Gasteiger partial charge in [-0.3, -0.25) is 0 Å². The first-order valence-corrected chi connectivity index (χ1v) is 7.44. The molecular formula is C18H18N2O3. The summed E-state index contributed by atoms with van der Waals surface area (Å²) in [6, 6.07) is 16.0. The van der Waals surface area contributed by atoms with Gasteiger partial charge in [0, 0.05) is 37.2 Å². The monoisotopic (exact) mass is 310 g/mol. The van der Waals surface area contributed by atoms with E-state index in [-0.39, 0.29) is 0 Å². The lowest BCUT2D eigenvalue weighted by molar-refractivity contribution is -0.140. The summed E-state index contributed by atoms with van der Waals surface area (Å²) >= 11 is 0. The molecule has 0 bridgehead atoms. The molecule has 0 atom stereocenters. The van der Waals surface area contributed by atoms with Crippen molar-refractivity contribution in [2.24, 2.45) is 5.16 Å². The van der Waals surface area contributed by atoms with Gasteiger partial charge < -0.3 is 14.5 Å². The summed E-state index contributed by atoms with van der Waals surface area (Å²) in [5.41, 5.74) is 3.81. The van der Waals surface area contributed by atoms with Gasteiger partial charge in [-0.15, -0.1) is 0 Å². The van der Waals surface area contributed by atoms with Crippen molar-refractivity contribution >= 4 is 23.1 Å². The Labute approximate surface area is 135 Å². The molecule has 2 aromatic rings. The Morgan fingerprint density at radius 2 is 1.96 bits per heavy atom. The van der Waals surface area contributed by atoms with Crippen molar-refractivity contribution in [1.29, 1.82) is 0 Å². The maximum Gasteiger partial charge on any atom is 0.331 e. The van der Waals surface area contributed by atoms with Gasteiger partial charge in [-0.25, -0.2) is 4.79 Å². The Hall–Kier alpha value is -2.82. The van der Waals surface area contributed by atoms with E-state index in [0.29, 0.717) is 6.42 Å². The number of rotatable bonds is 3. The zero-order valence-corrected chi connectivity index (χ0v) is 13.2. The molecule has 5 nitrogen and oxygen atoms in total. The van der Waals surface area contributed by atoms with Crippen LogP contribution >= 0.6 is 0 Å². The van der Waals surface area contributed by atoms with Gasteiger partial charge in [0.05, 0.1) is 18.5 Å². The van der Waals surface area contributed by atoms with Gasteiger partial charge in [0.15, 0.2) is 0 Å². The van der Waals surface area contributed by atoms with Crippen LogP contribution in [0, 0.1) is 0 Å². The van der Waals surface area contributed by atoms with Gasteiger partial charge in [0.2, 0.25) is 0 Å². The number of oxime groups is 1. The van der Waals surface area contributed by atoms with E-state index in [2.05, 4.69) is 22.2 Å². The lowest BCUT2D eigenvalue weighted by atomic mass is 9.98. The van der Waals surface area contributed by atoms with Crippen LogP contribution in [0.5, 0.6) is 5.75 Å². The topological polar surface area (TPSA) is 51.1 Å². The van der Waals surface area contributed by atoms with E-state index in [1.165, 1.54) is 6.92 Å². The fraction of sp³-hybridized carbons (Fsp3) is 0.222. The van der Waals surface area contributed by atoms with E-state index in [0.717, 1.165) is 34.9 Å². The smallest absolute Gasteiger partial charge is 0.331 e. The Morgan fingerprint density at radius 3 is 2.65 bits per heavy atom. The molecule has 1 aliphatic rings. The SMILES string of the molecule is COc1ccc2c(c1)N(c1ccccc1)CC/C2=N\OC(C)=O. The Morgan fingerprint density at radius 1 is 1.17 bits per heavy atom. The van der Waals surface area contributed by atoms with E-state index in [1.54, 1.807) is 7.11 Å². The van der Waals surface area contributed by atoms with Crippen molar-refractivity contribution < 1.29 is 14.4 Å². The highest BCUT2D eigenvalue weighted by Gasteiger charge is 2.24. The van der Waals surface area contributed by atoms with Crippen LogP contribution in [0.3, 0.4) is 0 Å². The van der Waals surface area contributed by atoms with Gasteiger partial charge in [-0.05, 0) is 24.3 Å². The number of anilines is 2. The Bertz CT molecular complexity index is 741. The average Bonchev–Trinajstić information content (AvgIpc) is 2.59. The molecule has 0 saturated heterocycles. The summed E-state index contributed by atoms with van der Waals surface area (Å²) in [6.07, 6.45) is 0.696. The summed E-state index contributed by atoms with van der Waals surface area (Å²) in [4.78, 5) is 18.1. The van der Waals surface area contributed by atoms with E-state index in [1.807, 2.05) is 36.4 Å². The summed E-state index contributed by atoms with van der Waals surface area (Å²) in [6.45, 7) is 2.10. The number of para-hydroxylation sites is 1. The van der Waals surface area contributed by atoms with Crippen LogP contribution in [-0.2, 0) is 9.63 Å². The van der Waals surface area contributed by atoms with E-state index in [4.69, 9.17) is 9.57 Å². The van der Waals surface area contributed by atoms with Crippen LogP contribution in [-0.4, -0.2) is 25.3 Å². The molecule has 1 aliphatic heterocycles. The third-order valence-corrected chi connectivity index (χ3v) is 3.73. The normalized spacial score (nSPS) is 15.2. The zero-order chi connectivity index (χ0) is 16.2. The highest BCUT2D eigenvalue weighted by molar-refractivity contribution is 6.08. The fourth-order valence-corrected chi connectivity index (χ4v) is 2.67. The molecule has 0 spiro atoms. The minimum atomic E-state index is -0.418. The van der Waals surface area contributed by atoms with Crippen LogP contribution in [0.25, 0.3) is 0 Å². The van der Waals surface area contributed by atoms with Crippen molar-refractivity contribution in [3.05, 3.63) is 54.1 Å². The fourth-order valence-electron chi connectivity index (χ4n) is 2.67. The van der Waals surface area contributed by atoms with E-state index >= 15 is 0 Å². The number of benzene rings is 2. The van der Waals surface area contributed by atoms with Crippen molar-refractivity contribution in [3.8, 4) is 5.75 Å². The molecule has 0 N–H and O–H groups in total. The number of ether oxygens (including phenoxy) is 1. The second kappa shape index (κ2) is 6.52. The number of carbonyl (C=O) groups excluding carboxylic acids is 1. The van der Waals surface area contributed by atoms with Crippen LogP contribution in [0.15, 0.2) is 53.7 Å². The minimum absolute atomic E-state index is 0.418. The molecule has 5 heteroatoms. The number of hydrogen-bond acceptors (Lipinski definition) is 5. The maximum atomic E-state index is 11.0. The van der Waals surface area contributed by atoms with Crippen molar-refractivity contribution in [2.45, 2.75) is 13.3 Å². The van der Waals surface area contributed by atoms with Crippen molar-refractivity contribution in [1.82, 2.24) is 0 Å². The summed E-state index contributed by atoms with van der Waals surface area (Å²) < 4.78 is 5.35. The molecule has 3 rings (SSSR count). The Balaban J connectivity index is 2.05. The van der Waals surface area contributed by atoms with Crippen molar-refractivity contribution in [3.63, 3.8) is 0 Å². The molecule has 0 radical (unpaired) electrons. The summed E-state index contributed by atoms with van der Waals surface area (Å²) in [5, 5.41) is 4.01. The van der Waals surface area contributed by atoms with Crippen LogP contribution in [0.2, 0.25) is 0 Å². The highest BCUT2D eigenvalue weighted by Crippen LogP contribution is 2.36. The van der Waals surface area contributed by atoms with E-state index < -0.39 is 5.97 Å². The molecule has 1 heterocycles. The lowest BCUT2D eigenvalue weighted by Crippen LogP contribution is -2.28. The van der Waals surface area contributed by atoms with Crippen molar-refractivity contribution in [2.75, 3.05) is 18.6 Å². The second-order valence-electron chi connectivity index (χ2n) is 5.24. The van der Waals surface area contributed by atoms with Crippen LogP contribution in [0.1, 0.15) is 18.9 Å². The summed E-state index contributed by atoms with van der Waals surface area (Å²) in [5.74, 6) is 0.358. The quantitative estimate of drug-likeness (QED) is 0.643. The van der Waals surface area contributed by atoms with Crippen LogP contribution in [0.4, 0.5) is 11.4 Å². The number of nitrogens with zero attached hydrogens (tertiary/aromatic N) is 2. The predicted octanol–water partition coefficient (Wildman–Crippen LogP) is 3.50. The molecule has 0 unspecified atom stereocenters. The number of fused-ring (bicyclic) bond motifs is 1. The molecular weight excluding hydrogens is 292 g/mol. The molecule has 2 aromatic carbocycles. The van der Waals surface area contributed by atoms with Crippen LogP contribution < -0.4 is 9.64 Å². The summed E-state index contributed by atoms with van der Waals surface area (Å²) in [7, 11) is 1.64. The predicted molar refractivity (Wildman–Crippen MR) is 89.4 cm³/mol. The van der Waals surface area contributed by atoms with E-state index in [9.17, 15) is 4.79 Å². The molecule has 0 saturated carbocycles. The molecule has 0 aliphatic carbocycles. The molecule has 118 valence electrons. The van der Waals surface area contributed by atoms with Gasteiger partial charge >= 0.3 is 5.97 Å². The second-order valence-corrected chi connectivity index (χ2v) is 5.24. The maximum absolute atomic E-state index is 11.0. The third-order valence-electron chi connectivity index (χ3n) is 3.73. The third kappa shape index (κ3) is 3.18. The first-order chi connectivity index (χ1) is 11.2. The molecule has 23 heavy (non-hydrogen) atoms. The van der Waals surface area contributed by atoms with Gasteiger partial charge in [-0.2, -0.15) is 0 Å². The Kier molecular flexibility index (Phi) is 4.28. The average molecular weight is 310 g/mol. The number of carbonyl (C=O) groups is 1. The molecule has 0 aromatic heterocycles. The molecule has 0 amide bonds. The minimum Gasteiger partial charge on any atom is -0.497 e. The lowest BCUT2D eigenvalue weighted by Gasteiger charge is -2.32. The van der Waals surface area contributed by atoms with Gasteiger partial charge in [0.1, 0.15) is 5.75 Å². The zero-order valence-electron chi connectivity index (χ0n) is 13.2. The largest absolute Gasteiger partial charge is 0.497 e. The first kappa shape index (κ1) is 15.1. The highest BCUT2D eigenvalue weighted by atomic mass is 16.7. The standard InChI is InChI=1S/C18H18N2O3/c1-13(21)23-19-17-10-11-20(14-6-4-3-5-7-14)18-12-15(22-2)8-9-16(17)18/h3-9,12H,10-11H2,1-2H3/b19-17+. The first-order valence-electron chi connectivity index (χ1n) is 7.44. The number of methoxy groups -OCH3 is 1. The number of hydrogen-bond donors (Lipinski definition) is 0. The van der Waals surface area contributed by atoms with Gasteiger partial charge in [0.25, 0.3) is 0 Å².